The molecule has 4 nitrogen and oxygen atoms in total. The Labute approximate surface area is 77.3 Å². The van der Waals surface area contributed by atoms with Gasteiger partial charge in [0.15, 0.2) is 0 Å². The van der Waals surface area contributed by atoms with E-state index in [0.717, 1.165) is 0 Å². The Kier molecular flexibility index (Phi) is 2.52. The summed E-state index contributed by atoms with van der Waals surface area (Å²) in [4.78, 5) is 10.7. The molecule has 0 amide bonds. The first-order chi connectivity index (χ1) is 6.01. The van der Waals surface area contributed by atoms with Crippen LogP contribution in [0.5, 0.6) is 0 Å². The Balaban J connectivity index is 3.11. The van der Waals surface area contributed by atoms with E-state index in [1.54, 1.807) is 24.3 Å². The van der Waals surface area contributed by atoms with Crippen LogP contribution >= 0.6 is 0 Å². The van der Waals surface area contributed by atoms with Crippen LogP contribution in [0.15, 0.2) is 24.3 Å². The van der Waals surface area contributed by atoms with Gasteiger partial charge in [0.25, 0.3) is 5.54 Å². The van der Waals surface area contributed by atoms with Crippen molar-refractivity contribution in [2.45, 2.75) is 25.4 Å². The summed E-state index contributed by atoms with van der Waals surface area (Å²) in [6.07, 6.45) is 6.69. The summed E-state index contributed by atoms with van der Waals surface area (Å²) >= 11 is 0. The molecule has 0 aromatic rings. The van der Waals surface area contributed by atoms with Crippen molar-refractivity contribution in [1.82, 2.24) is 0 Å². The fourth-order valence-corrected chi connectivity index (χ4v) is 1.63. The van der Waals surface area contributed by atoms with Crippen LogP contribution in [0.25, 0.3) is 0 Å². The van der Waals surface area contributed by atoms with E-state index in [4.69, 9.17) is 5.73 Å². The van der Waals surface area contributed by atoms with Crippen LogP contribution in [0, 0.1) is 16.0 Å². The first-order valence-corrected chi connectivity index (χ1v) is 4.28. The second kappa shape index (κ2) is 3.30. The SMILES string of the molecule is CC(C)C1([N+](=O)[O-])C=CC=CC1N. The zero-order valence-corrected chi connectivity index (χ0v) is 7.81. The molecule has 2 N–H and O–H groups in total. The van der Waals surface area contributed by atoms with Gasteiger partial charge in [-0.3, -0.25) is 10.1 Å². The monoisotopic (exact) mass is 182 g/mol. The predicted octanol–water partition coefficient (Wildman–Crippen LogP) is 1.11. The van der Waals surface area contributed by atoms with Crippen molar-refractivity contribution in [3.8, 4) is 0 Å². The van der Waals surface area contributed by atoms with Crippen LogP contribution in [0.2, 0.25) is 0 Å². The van der Waals surface area contributed by atoms with Crippen LogP contribution in [0.3, 0.4) is 0 Å². The smallest absolute Gasteiger partial charge is 0.261 e. The van der Waals surface area contributed by atoms with Gasteiger partial charge in [0.2, 0.25) is 0 Å². The van der Waals surface area contributed by atoms with E-state index < -0.39 is 11.6 Å². The minimum atomic E-state index is -1.13. The summed E-state index contributed by atoms with van der Waals surface area (Å²) in [5.41, 5.74) is 4.61. The molecule has 0 aliphatic heterocycles. The molecule has 13 heavy (non-hydrogen) atoms. The third-order valence-corrected chi connectivity index (χ3v) is 2.57. The molecule has 0 heterocycles. The lowest BCUT2D eigenvalue weighted by Crippen LogP contribution is -2.55. The molecule has 0 fully saturated rings. The topological polar surface area (TPSA) is 69.2 Å². The minimum absolute atomic E-state index is 0.112. The van der Waals surface area contributed by atoms with Crippen molar-refractivity contribution in [2.24, 2.45) is 11.7 Å². The second-order valence-electron chi connectivity index (χ2n) is 3.57. The molecule has 1 aliphatic carbocycles. The first kappa shape index (κ1) is 9.92. The molecular weight excluding hydrogens is 168 g/mol. The van der Waals surface area contributed by atoms with Crippen LogP contribution in [0.1, 0.15) is 13.8 Å². The predicted molar refractivity (Wildman–Crippen MR) is 50.8 cm³/mol. The fraction of sp³-hybridized carbons (Fsp3) is 0.556. The highest BCUT2D eigenvalue weighted by atomic mass is 16.6. The molecule has 2 atom stereocenters. The Bertz CT molecular complexity index is 271. The zero-order valence-electron chi connectivity index (χ0n) is 7.81. The van der Waals surface area contributed by atoms with Crippen LogP contribution < -0.4 is 5.73 Å². The van der Waals surface area contributed by atoms with Crippen molar-refractivity contribution in [1.29, 1.82) is 0 Å². The number of nitrogens with zero attached hydrogens (tertiary/aromatic N) is 1. The van der Waals surface area contributed by atoms with Crippen molar-refractivity contribution in [2.75, 3.05) is 0 Å². The largest absolute Gasteiger partial charge is 0.318 e. The highest BCUT2D eigenvalue weighted by molar-refractivity contribution is 5.25. The first-order valence-electron chi connectivity index (χ1n) is 4.28. The quantitative estimate of drug-likeness (QED) is 0.513. The lowest BCUT2D eigenvalue weighted by Gasteiger charge is -2.31. The van der Waals surface area contributed by atoms with Gasteiger partial charge >= 0.3 is 0 Å². The van der Waals surface area contributed by atoms with E-state index in [9.17, 15) is 10.1 Å². The van der Waals surface area contributed by atoms with Crippen molar-refractivity contribution in [3.05, 3.63) is 34.4 Å². The lowest BCUT2D eigenvalue weighted by atomic mass is 9.78. The van der Waals surface area contributed by atoms with Gasteiger partial charge in [0.1, 0.15) is 0 Å². The molecule has 0 saturated heterocycles. The summed E-state index contributed by atoms with van der Waals surface area (Å²) in [5.74, 6) is -0.112. The molecule has 0 spiro atoms. The molecule has 0 bridgehead atoms. The van der Waals surface area contributed by atoms with E-state index >= 15 is 0 Å². The number of rotatable bonds is 2. The Hall–Kier alpha value is -1.16. The number of hydrogen-bond acceptors (Lipinski definition) is 3. The summed E-state index contributed by atoms with van der Waals surface area (Å²) in [6.45, 7) is 3.62. The molecule has 2 unspecified atom stereocenters. The fourth-order valence-electron chi connectivity index (χ4n) is 1.63. The van der Waals surface area contributed by atoms with E-state index in [-0.39, 0.29) is 10.8 Å². The Morgan fingerprint density at radius 1 is 1.54 bits per heavy atom. The van der Waals surface area contributed by atoms with Gasteiger partial charge in [-0.25, -0.2) is 0 Å². The Morgan fingerprint density at radius 3 is 2.46 bits per heavy atom. The summed E-state index contributed by atoms with van der Waals surface area (Å²) < 4.78 is 0. The molecule has 0 radical (unpaired) electrons. The number of nitrogens with two attached hydrogens (primary N) is 1. The van der Waals surface area contributed by atoms with Gasteiger partial charge in [0.05, 0.1) is 6.04 Å². The molecule has 1 aliphatic rings. The molecule has 0 saturated carbocycles. The minimum Gasteiger partial charge on any atom is -0.318 e. The van der Waals surface area contributed by atoms with Crippen molar-refractivity contribution < 1.29 is 4.92 Å². The van der Waals surface area contributed by atoms with E-state index in [1.807, 2.05) is 13.8 Å². The van der Waals surface area contributed by atoms with Crippen LogP contribution in [-0.2, 0) is 0 Å². The van der Waals surface area contributed by atoms with E-state index in [2.05, 4.69) is 0 Å². The number of hydrogen-bond donors (Lipinski definition) is 1. The maximum atomic E-state index is 11.0. The third kappa shape index (κ3) is 1.37. The normalized spacial score (nSPS) is 32.5. The molecule has 72 valence electrons. The molecule has 0 aromatic heterocycles. The van der Waals surface area contributed by atoms with Gasteiger partial charge in [-0.15, -0.1) is 0 Å². The van der Waals surface area contributed by atoms with Gasteiger partial charge in [-0.2, -0.15) is 0 Å². The standard InChI is InChI=1S/C9H14N2O2/c1-7(2)9(11(12)13)6-4-3-5-8(9)10/h3-8H,10H2,1-2H3. The summed E-state index contributed by atoms with van der Waals surface area (Å²) in [5, 5.41) is 11.0. The number of nitro groups is 1. The molecule has 1 rings (SSSR count). The highest BCUT2D eigenvalue weighted by Gasteiger charge is 2.49. The Morgan fingerprint density at radius 2 is 2.15 bits per heavy atom. The maximum absolute atomic E-state index is 11.0. The van der Waals surface area contributed by atoms with Crippen LogP contribution in [-0.4, -0.2) is 16.5 Å². The summed E-state index contributed by atoms with van der Waals surface area (Å²) in [7, 11) is 0. The average Bonchev–Trinajstić information content (AvgIpc) is 2.04. The van der Waals surface area contributed by atoms with Gasteiger partial charge in [0, 0.05) is 10.8 Å². The lowest BCUT2D eigenvalue weighted by molar-refractivity contribution is -0.566. The highest BCUT2D eigenvalue weighted by Crippen LogP contribution is 2.28. The molecule has 4 heteroatoms. The van der Waals surface area contributed by atoms with E-state index in [0.29, 0.717) is 0 Å². The van der Waals surface area contributed by atoms with Gasteiger partial charge in [-0.05, 0) is 6.08 Å². The van der Waals surface area contributed by atoms with Gasteiger partial charge in [-0.1, -0.05) is 32.1 Å². The van der Waals surface area contributed by atoms with Crippen LogP contribution in [0.4, 0.5) is 0 Å². The van der Waals surface area contributed by atoms with Crippen molar-refractivity contribution >= 4 is 0 Å². The second-order valence-corrected chi connectivity index (χ2v) is 3.57. The van der Waals surface area contributed by atoms with Crippen molar-refractivity contribution in [3.63, 3.8) is 0 Å². The molecular formula is C9H14N2O2. The third-order valence-electron chi connectivity index (χ3n) is 2.57. The van der Waals surface area contributed by atoms with E-state index in [1.165, 1.54) is 0 Å². The average molecular weight is 182 g/mol. The van der Waals surface area contributed by atoms with Gasteiger partial charge < -0.3 is 5.73 Å². The number of allylic oxidation sites excluding steroid dienone is 2. The maximum Gasteiger partial charge on any atom is 0.261 e. The summed E-state index contributed by atoms with van der Waals surface area (Å²) in [6, 6.07) is -0.535. The molecule has 0 aromatic carbocycles. The zero-order chi connectivity index (χ0) is 10.1.